The fourth-order valence-electron chi connectivity index (χ4n) is 3.98. The summed E-state index contributed by atoms with van der Waals surface area (Å²) in [5.74, 6) is 0.549. The van der Waals surface area contributed by atoms with Crippen molar-refractivity contribution < 1.29 is 4.74 Å². The molecule has 0 saturated carbocycles. The molecular formula is C22H20N6O. The average Bonchev–Trinajstić information content (AvgIpc) is 3.38. The lowest BCUT2D eigenvalue weighted by molar-refractivity contribution is 0.204. The van der Waals surface area contributed by atoms with Crippen molar-refractivity contribution in [3.05, 3.63) is 48.7 Å². The van der Waals surface area contributed by atoms with Crippen LogP contribution in [0.3, 0.4) is 0 Å². The first-order valence-electron chi connectivity index (χ1n) is 9.76. The Bertz CT molecular complexity index is 1230. The number of rotatable bonds is 4. The first-order chi connectivity index (χ1) is 14.3. The molecule has 0 spiro atoms. The van der Waals surface area contributed by atoms with E-state index in [0.717, 1.165) is 59.1 Å². The Morgan fingerprint density at radius 1 is 1.24 bits per heavy atom. The topological polar surface area (TPSA) is 90.7 Å². The second kappa shape index (κ2) is 7.15. The van der Waals surface area contributed by atoms with Crippen LogP contribution < -0.4 is 4.74 Å². The van der Waals surface area contributed by atoms with Gasteiger partial charge in [-0.25, -0.2) is 9.97 Å². The van der Waals surface area contributed by atoms with Crippen molar-refractivity contribution in [1.82, 2.24) is 24.8 Å². The molecule has 144 valence electrons. The summed E-state index contributed by atoms with van der Waals surface area (Å²) in [4.78, 5) is 18.7. The Kier molecular flexibility index (Phi) is 4.34. The predicted octanol–water partition coefficient (Wildman–Crippen LogP) is 3.52. The Morgan fingerprint density at radius 2 is 2.10 bits per heavy atom. The van der Waals surface area contributed by atoms with Gasteiger partial charge in [-0.05, 0) is 36.7 Å². The number of hydrogen-bond donors (Lipinski definition) is 1. The maximum atomic E-state index is 9.66. The van der Waals surface area contributed by atoms with Gasteiger partial charge < -0.3 is 9.72 Å². The van der Waals surface area contributed by atoms with Gasteiger partial charge in [-0.2, -0.15) is 5.26 Å². The van der Waals surface area contributed by atoms with Gasteiger partial charge in [-0.1, -0.05) is 6.92 Å². The first-order valence-corrected chi connectivity index (χ1v) is 9.76. The van der Waals surface area contributed by atoms with Crippen molar-refractivity contribution in [2.45, 2.75) is 19.4 Å². The van der Waals surface area contributed by atoms with Gasteiger partial charge in [0.05, 0.1) is 17.1 Å². The molecule has 0 aromatic carbocycles. The number of nitrogens with zero attached hydrogens (tertiary/aromatic N) is 5. The summed E-state index contributed by atoms with van der Waals surface area (Å²) in [6, 6.07) is 8.18. The van der Waals surface area contributed by atoms with Crippen molar-refractivity contribution in [3.63, 3.8) is 0 Å². The van der Waals surface area contributed by atoms with Gasteiger partial charge in [-0.3, -0.25) is 9.88 Å². The van der Waals surface area contributed by atoms with E-state index in [-0.39, 0.29) is 6.10 Å². The molecule has 0 radical (unpaired) electrons. The first kappa shape index (κ1) is 17.6. The number of nitriles is 1. The van der Waals surface area contributed by atoms with Crippen LogP contribution in [-0.4, -0.2) is 50.6 Å². The second-order valence-electron chi connectivity index (χ2n) is 7.24. The highest BCUT2D eigenvalue weighted by atomic mass is 16.5. The summed E-state index contributed by atoms with van der Waals surface area (Å²) >= 11 is 0. The molecule has 7 nitrogen and oxygen atoms in total. The highest BCUT2D eigenvalue weighted by Crippen LogP contribution is 2.37. The average molecular weight is 384 g/mol. The van der Waals surface area contributed by atoms with Crippen molar-refractivity contribution in [3.8, 4) is 22.9 Å². The van der Waals surface area contributed by atoms with Gasteiger partial charge in [0.2, 0.25) is 0 Å². The zero-order chi connectivity index (χ0) is 19.8. The van der Waals surface area contributed by atoms with Crippen LogP contribution >= 0.6 is 0 Å². The molecule has 0 bridgehead atoms. The van der Waals surface area contributed by atoms with Gasteiger partial charge >= 0.3 is 0 Å². The minimum atomic E-state index is 0.0516. The Labute approximate surface area is 168 Å². The van der Waals surface area contributed by atoms with Crippen molar-refractivity contribution >= 4 is 21.9 Å². The minimum Gasteiger partial charge on any atom is -0.485 e. The molecule has 1 aliphatic rings. The number of pyridine rings is 3. The molecule has 1 N–H and O–H groups in total. The number of likely N-dealkylation sites (tertiary alicyclic amines) is 1. The van der Waals surface area contributed by atoms with Crippen LogP contribution in [0.1, 0.15) is 19.0 Å². The number of hydrogen-bond acceptors (Lipinski definition) is 6. The number of H-pyrrole nitrogens is 1. The summed E-state index contributed by atoms with van der Waals surface area (Å²) in [6.45, 7) is 5.02. The molecule has 0 unspecified atom stereocenters. The lowest BCUT2D eigenvalue weighted by Gasteiger charge is -2.16. The van der Waals surface area contributed by atoms with E-state index in [2.05, 4.69) is 43.9 Å². The summed E-state index contributed by atoms with van der Waals surface area (Å²) in [5.41, 5.74) is 3.90. The molecule has 4 aromatic rings. The second-order valence-corrected chi connectivity index (χ2v) is 7.24. The third kappa shape index (κ3) is 3.08. The predicted molar refractivity (Wildman–Crippen MR) is 110 cm³/mol. The quantitative estimate of drug-likeness (QED) is 0.579. The largest absolute Gasteiger partial charge is 0.485 e. The van der Waals surface area contributed by atoms with Crippen LogP contribution in [0.4, 0.5) is 0 Å². The highest BCUT2D eigenvalue weighted by molar-refractivity contribution is 6.10. The highest BCUT2D eigenvalue weighted by Gasteiger charge is 2.26. The van der Waals surface area contributed by atoms with Crippen LogP contribution in [0.25, 0.3) is 33.1 Å². The van der Waals surface area contributed by atoms with Gasteiger partial charge in [-0.15, -0.1) is 0 Å². The lowest BCUT2D eigenvalue weighted by Crippen LogP contribution is -2.24. The Hall–Kier alpha value is -3.50. The molecule has 0 amide bonds. The zero-order valence-electron chi connectivity index (χ0n) is 16.1. The Morgan fingerprint density at radius 3 is 2.86 bits per heavy atom. The van der Waals surface area contributed by atoms with E-state index in [9.17, 15) is 5.26 Å². The summed E-state index contributed by atoms with van der Waals surface area (Å²) in [7, 11) is 0. The maximum absolute atomic E-state index is 9.66. The van der Waals surface area contributed by atoms with Crippen molar-refractivity contribution in [1.29, 1.82) is 5.26 Å². The lowest BCUT2D eigenvalue weighted by atomic mass is 10.1. The molecule has 29 heavy (non-hydrogen) atoms. The van der Waals surface area contributed by atoms with Crippen LogP contribution in [0.5, 0.6) is 5.75 Å². The minimum absolute atomic E-state index is 0.0516. The maximum Gasteiger partial charge on any atom is 0.183 e. The van der Waals surface area contributed by atoms with Gasteiger partial charge in [0.25, 0.3) is 0 Å². The smallest absolute Gasteiger partial charge is 0.183 e. The number of nitrogens with one attached hydrogen (secondary N) is 1. The molecule has 1 atom stereocenters. The van der Waals surface area contributed by atoms with Crippen LogP contribution in [0.2, 0.25) is 0 Å². The van der Waals surface area contributed by atoms with E-state index in [0.29, 0.717) is 11.4 Å². The van der Waals surface area contributed by atoms with E-state index >= 15 is 0 Å². The number of likely N-dealkylation sites (N-methyl/N-ethyl adjacent to an activating group) is 1. The van der Waals surface area contributed by atoms with Gasteiger partial charge in [0.1, 0.15) is 17.8 Å². The van der Waals surface area contributed by atoms with Crippen molar-refractivity contribution in [2.24, 2.45) is 0 Å². The molecular weight excluding hydrogens is 364 g/mol. The van der Waals surface area contributed by atoms with Crippen LogP contribution in [0.15, 0.2) is 43.0 Å². The van der Waals surface area contributed by atoms with E-state index in [1.54, 1.807) is 18.6 Å². The molecule has 0 aliphatic carbocycles. The number of fused-ring (bicyclic) bond motifs is 3. The summed E-state index contributed by atoms with van der Waals surface area (Å²) in [6.07, 6.45) is 8.04. The summed E-state index contributed by atoms with van der Waals surface area (Å²) < 4.78 is 6.37. The van der Waals surface area contributed by atoms with E-state index in [1.165, 1.54) is 0 Å². The third-order valence-corrected chi connectivity index (χ3v) is 5.52. The molecule has 7 heteroatoms. The fraction of sp³-hybridized carbons (Fsp3) is 0.273. The van der Waals surface area contributed by atoms with Crippen LogP contribution in [0, 0.1) is 11.3 Å². The zero-order valence-corrected chi connectivity index (χ0v) is 16.1. The molecule has 1 aliphatic heterocycles. The third-order valence-electron chi connectivity index (χ3n) is 5.52. The van der Waals surface area contributed by atoms with Gasteiger partial charge in [0.15, 0.2) is 11.4 Å². The summed E-state index contributed by atoms with van der Waals surface area (Å²) in [5, 5.41) is 11.4. The standard InChI is InChI=1S/C22H20N6O/c1-2-28-8-5-16(13-28)29-21-18(10-23)25-12-19-20(21)17-9-15(11-26-22(17)27-19)14-3-6-24-7-4-14/h3-4,6-7,9,11-12,16H,2,5,8,13H2,1H3,(H,26,27)/t16-/m0/s1. The normalized spacial score (nSPS) is 17.0. The monoisotopic (exact) mass is 384 g/mol. The molecule has 1 saturated heterocycles. The molecule has 5 rings (SSSR count). The van der Waals surface area contributed by atoms with E-state index < -0.39 is 0 Å². The number of aromatic amines is 1. The molecule has 5 heterocycles. The molecule has 4 aromatic heterocycles. The van der Waals surface area contributed by atoms with Gasteiger partial charge in [0, 0.05) is 42.6 Å². The SMILES string of the molecule is CCN1CC[C@H](Oc2c(C#N)ncc3[nH]c4ncc(-c5ccncc5)cc4c23)C1. The van der Waals surface area contributed by atoms with Crippen LogP contribution in [-0.2, 0) is 0 Å². The molecule has 1 fully saturated rings. The number of aromatic nitrogens is 4. The van der Waals surface area contributed by atoms with Crippen molar-refractivity contribution in [2.75, 3.05) is 19.6 Å². The van der Waals surface area contributed by atoms with E-state index in [4.69, 9.17) is 4.74 Å². The van der Waals surface area contributed by atoms with E-state index in [1.807, 2.05) is 18.3 Å². The fourth-order valence-corrected chi connectivity index (χ4v) is 3.98. The number of ether oxygens (including phenoxy) is 1. The Balaban J connectivity index is 1.67.